The average molecular weight is 352 g/mol. The van der Waals surface area contributed by atoms with E-state index in [1.807, 2.05) is 30.3 Å². The summed E-state index contributed by atoms with van der Waals surface area (Å²) < 4.78 is 0. The van der Waals surface area contributed by atoms with Crippen molar-refractivity contribution in [3.63, 3.8) is 0 Å². The van der Waals surface area contributed by atoms with Crippen molar-refractivity contribution in [1.29, 1.82) is 0 Å². The number of anilines is 1. The summed E-state index contributed by atoms with van der Waals surface area (Å²) in [5, 5.41) is 3.57. The Morgan fingerprint density at radius 3 is 2.65 bits per heavy atom. The third kappa shape index (κ3) is 3.91. The first kappa shape index (κ1) is 17.9. The lowest BCUT2D eigenvalue weighted by Gasteiger charge is -2.23. The fourth-order valence-corrected chi connectivity index (χ4v) is 3.77. The summed E-state index contributed by atoms with van der Waals surface area (Å²) in [4.78, 5) is 18.4. The van der Waals surface area contributed by atoms with Crippen molar-refractivity contribution in [3.05, 3.63) is 46.5 Å². The van der Waals surface area contributed by atoms with Crippen LogP contribution in [0.25, 0.3) is 0 Å². The van der Waals surface area contributed by atoms with Gasteiger partial charge in [-0.05, 0) is 38.2 Å². The number of fused-ring (bicyclic) bond motifs is 1. The number of hydrogen-bond donors (Lipinski definition) is 2. The van der Waals surface area contributed by atoms with Crippen LogP contribution in [0.5, 0.6) is 0 Å². The quantitative estimate of drug-likeness (QED) is 0.829. The molecular weight excluding hydrogens is 330 g/mol. The molecule has 0 spiro atoms. The Hall–Kier alpha value is -1.43. The number of carbonyl (C=O) groups excluding carboxylic acids is 1. The van der Waals surface area contributed by atoms with E-state index in [4.69, 9.17) is 5.73 Å². The number of rotatable bonds is 3. The zero-order valence-electron chi connectivity index (χ0n) is 13.2. The van der Waals surface area contributed by atoms with Gasteiger partial charge in [0.1, 0.15) is 5.54 Å². The van der Waals surface area contributed by atoms with Crippen LogP contribution in [-0.4, -0.2) is 10.9 Å². The molecule has 1 aromatic heterocycles. The maximum atomic E-state index is 12.5. The lowest BCUT2D eigenvalue weighted by atomic mass is 9.92. The van der Waals surface area contributed by atoms with Gasteiger partial charge in [0.25, 0.3) is 5.91 Å². The van der Waals surface area contributed by atoms with E-state index in [0.29, 0.717) is 5.13 Å². The zero-order chi connectivity index (χ0) is 15.6. The molecule has 124 valence electrons. The standard InChI is InChI=1S/C17H21N3OS.ClH/c1-17(18,12-8-4-2-5-9-12)15(21)20-16-19-13-10-6-3-7-11-14(13)22-16;/h2,4-5,8-9H,3,6-7,10-11,18H2,1H3,(H,19,20,21);1H. The molecule has 0 bridgehead atoms. The van der Waals surface area contributed by atoms with Crippen molar-refractivity contribution in [2.45, 2.75) is 44.6 Å². The van der Waals surface area contributed by atoms with Crippen LogP contribution >= 0.6 is 23.7 Å². The van der Waals surface area contributed by atoms with Crippen molar-refractivity contribution >= 4 is 34.8 Å². The van der Waals surface area contributed by atoms with Crippen molar-refractivity contribution in [1.82, 2.24) is 4.98 Å². The van der Waals surface area contributed by atoms with E-state index in [1.165, 1.54) is 24.1 Å². The summed E-state index contributed by atoms with van der Waals surface area (Å²) in [5.41, 5.74) is 7.12. The zero-order valence-corrected chi connectivity index (χ0v) is 14.8. The highest BCUT2D eigenvalue weighted by Crippen LogP contribution is 2.30. The SMILES string of the molecule is CC(N)(C(=O)Nc1nc2c(s1)CCCCC2)c1ccccc1.Cl. The van der Waals surface area contributed by atoms with E-state index in [-0.39, 0.29) is 18.3 Å². The second kappa shape index (κ2) is 7.43. The molecule has 1 atom stereocenters. The van der Waals surface area contributed by atoms with Gasteiger partial charge >= 0.3 is 0 Å². The number of halogens is 1. The Morgan fingerprint density at radius 2 is 1.91 bits per heavy atom. The fourth-order valence-electron chi connectivity index (χ4n) is 2.72. The summed E-state index contributed by atoms with van der Waals surface area (Å²) in [6.45, 7) is 1.73. The van der Waals surface area contributed by atoms with E-state index in [2.05, 4.69) is 10.3 Å². The van der Waals surface area contributed by atoms with Gasteiger partial charge in [0, 0.05) is 4.88 Å². The molecule has 0 radical (unpaired) electrons. The topological polar surface area (TPSA) is 68.0 Å². The number of benzene rings is 1. The summed E-state index contributed by atoms with van der Waals surface area (Å²) in [6.07, 6.45) is 5.74. The number of hydrogen-bond acceptors (Lipinski definition) is 4. The van der Waals surface area contributed by atoms with E-state index < -0.39 is 5.54 Å². The van der Waals surface area contributed by atoms with Gasteiger partial charge in [-0.3, -0.25) is 4.79 Å². The first-order chi connectivity index (χ1) is 10.6. The van der Waals surface area contributed by atoms with Gasteiger partial charge in [-0.15, -0.1) is 23.7 Å². The summed E-state index contributed by atoms with van der Waals surface area (Å²) in [6, 6.07) is 9.43. The number of nitrogens with zero attached hydrogens (tertiary/aromatic N) is 1. The fraction of sp³-hybridized carbons (Fsp3) is 0.412. The molecule has 23 heavy (non-hydrogen) atoms. The third-order valence-electron chi connectivity index (χ3n) is 4.16. The molecule has 0 saturated heterocycles. The van der Waals surface area contributed by atoms with E-state index >= 15 is 0 Å². The normalized spacial score (nSPS) is 16.4. The number of thiazole rings is 1. The van der Waals surface area contributed by atoms with Crippen molar-refractivity contribution < 1.29 is 4.79 Å². The number of aryl methyl sites for hydroxylation is 2. The molecule has 0 saturated carbocycles. The number of amides is 1. The second-order valence-electron chi connectivity index (χ2n) is 5.97. The summed E-state index contributed by atoms with van der Waals surface area (Å²) >= 11 is 1.59. The lowest BCUT2D eigenvalue weighted by Crippen LogP contribution is -2.45. The summed E-state index contributed by atoms with van der Waals surface area (Å²) in [5.74, 6) is -0.220. The van der Waals surface area contributed by atoms with Crippen LogP contribution in [0.15, 0.2) is 30.3 Å². The van der Waals surface area contributed by atoms with E-state index in [9.17, 15) is 4.79 Å². The second-order valence-corrected chi connectivity index (χ2v) is 7.06. The van der Waals surface area contributed by atoms with Crippen LogP contribution < -0.4 is 11.1 Å². The first-order valence-corrected chi connectivity index (χ1v) is 8.53. The third-order valence-corrected chi connectivity index (χ3v) is 5.23. The van der Waals surface area contributed by atoms with Gasteiger partial charge in [0.05, 0.1) is 5.69 Å². The van der Waals surface area contributed by atoms with Crippen molar-refractivity contribution in [2.24, 2.45) is 5.73 Å². The minimum absolute atomic E-state index is 0. The Balaban J connectivity index is 0.00000192. The molecule has 3 rings (SSSR count). The Bertz CT molecular complexity index is 646. The number of nitrogens with two attached hydrogens (primary N) is 1. The van der Waals surface area contributed by atoms with E-state index in [1.54, 1.807) is 18.3 Å². The maximum Gasteiger partial charge on any atom is 0.250 e. The largest absolute Gasteiger partial charge is 0.314 e. The minimum Gasteiger partial charge on any atom is -0.314 e. The molecule has 1 amide bonds. The monoisotopic (exact) mass is 351 g/mol. The molecule has 1 heterocycles. The van der Waals surface area contributed by atoms with Gasteiger partial charge in [0.2, 0.25) is 0 Å². The molecule has 1 aliphatic carbocycles. The van der Waals surface area contributed by atoms with Crippen molar-refractivity contribution in [3.8, 4) is 0 Å². The van der Waals surface area contributed by atoms with E-state index in [0.717, 1.165) is 24.1 Å². The molecule has 0 aliphatic heterocycles. The van der Waals surface area contributed by atoms with Crippen LogP contribution in [0.2, 0.25) is 0 Å². The first-order valence-electron chi connectivity index (χ1n) is 7.72. The number of aromatic nitrogens is 1. The highest BCUT2D eigenvalue weighted by atomic mass is 35.5. The van der Waals surface area contributed by atoms with Gasteiger partial charge in [-0.1, -0.05) is 36.8 Å². The molecule has 3 N–H and O–H groups in total. The molecule has 4 nitrogen and oxygen atoms in total. The number of nitrogens with one attached hydrogen (secondary N) is 1. The maximum absolute atomic E-state index is 12.5. The Morgan fingerprint density at radius 1 is 1.22 bits per heavy atom. The van der Waals surface area contributed by atoms with Gasteiger partial charge in [0.15, 0.2) is 5.13 Å². The van der Waals surface area contributed by atoms with Gasteiger partial charge < -0.3 is 11.1 Å². The molecule has 1 aromatic carbocycles. The van der Waals surface area contributed by atoms with Crippen molar-refractivity contribution in [2.75, 3.05) is 5.32 Å². The molecule has 0 fully saturated rings. The summed E-state index contributed by atoms with van der Waals surface area (Å²) in [7, 11) is 0. The highest BCUT2D eigenvalue weighted by Gasteiger charge is 2.31. The van der Waals surface area contributed by atoms with Gasteiger partial charge in [-0.2, -0.15) is 0 Å². The van der Waals surface area contributed by atoms with Crippen LogP contribution in [0.3, 0.4) is 0 Å². The highest BCUT2D eigenvalue weighted by molar-refractivity contribution is 7.15. The minimum atomic E-state index is -1.07. The molecule has 1 unspecified atom stereocenters. The Kier molecular flexibility index (Phi) is 5.79. The predicted molar refractivity (Wildman–Crippen MR) is 97.2 cm³/mol. The van der Waals surface area contributed by atoms with Crippen LogP contribution in [-0.2, 0) is 23.2 Å². The van der Waals surface area contributed by atoms with Gasteiger partial charge in [-0.25, -0.2) is 4.98 Å². The molecule has 6 heteroatoms. The molecule has 2 aromatic rings. The average Bonchev–Trinajstić information content (AvgIpc) is 2.76. The van der Waals surface area contributed by atoms with Crippen LogP contribution in [0.4, 0.5) is 5.13 Å². The smallest absolute Gasteiger partial charge is 0.250 e. The lowest BCUT2D eigenvalue weighted by molar-refractivity contribution is -0.120. The number of carbonyl (C=O) groups is 1. The predicted octanol–water partition coefficient (Wildman–Crippen LogP) is 3.65. The van der Waals surface area contributed by atoms with Crippen LogP contribution in [0.1, 0.15) is 42.3 Å². The van der Waals surface area contributed by atoms with Crippen LogP contribution in [0, 0.1) is 0 Å². The molecular formula is C17H22ClN3OS. The molecule has 1 aliphatic rings. The Labute approximate surface area is 146 Å².